The number of para-hydroxylation sites is 1. The van der Waals surface area contributed by atoms with Crippen LogP contribution in [0.5, 0.6) is 17.2 Å². The molecular formula is C21H20O2. The molecule has 23 heavy (non-hydrogen) atoms. The van der Waals surface area contributed by atoms with Gasteiger partial charge in [0.25, 0.3) is 0 Å². The van der Waals surface area contributed by atoms with Gasteiger partial charge in [-0.2, -0.15) is 0 Å². The van der Waals surface area contributed by atoms with E-state index in [1.165, 1.54) is 5.56 Å². The summed E-state index contributed by atoms with van der Waals surface area (Å²) in [6.07, 6.45) is -0.00850. The molecule has 3 rings (SSSR count). The third-order valence-electron chi connectivity index (χ3n) is 3.66. The van der Waals surface area contributed by atoms with Crippen molar-refractivity contribution in [1.82, 2.24) is 0 Å². The molecule has 1 atom stereocenters. The number of ether oxygens (including phenoxy) is 2. The van der Waals surface area contributed by atoms with Crippen molar-refractivity contribution in [3.63, 3.8) is 0 Å². The zero-order valence-electron chi connectivity index (χ0n) is 13.4. The minimum Gasteiger partial charge on any atom is -0.486 e. The number of hydrogen-bond acceptors (Lipinski definition) is 2. The van der Waals surface area contributed by atoms with Crippen molar-refractivity contribution < 1.29 is 9.47 Å². The van der Waals surface area contributed by atoms with Gasteiger partial charge in [-0.3, -0.25) is 0 Å². The molecule has 0 bridgehead atoms. The van der Waals surface area contributed by atoms with E-state index in [-0.39, 0.29) is 6.10 Å². The van der Waals surface area contributed by atoms with Gasteiger partial charge in [0.15, 0.2) is 0 Å². The summed E-state index contributed by atoms with van der Waals surface area (Å²) in [6.45, 7) is 4.11. The van der Waals surface area contributed by atoms with Gasteiger partial charge in [0, 0.05) is 0 Å². The van der Waals surface area contributed by atoms with E-state index in [9.17, 15) is 0 Å². The van der Waals surface area contributed by atoms with Gasteiger partial charge in [-0.25, -0.2) is 0 Å². The SMILES string of the molecule is Cc1ccc(Oc2ccc(C(C)Oc3ccccc3)cc2)cc1. The van der Waals surface area contributed by atoms with Crippen LogP contribution in [0, 0.1) is 6.92 Å². The van der Waals surface area contributed by atoms with Gasteiger partial charge in [-0.15, -0.1) is 0 Å². The van der Waals surface area contributed by atoms with E-state index in [4.69, 9.17) is 9.47 Å². The van der Waals surface area contributed by atoms with Crippen molar-refractivity contribution >= 4 is 0 Å². The Hall–Kier alpha value is -2.74. The Kier molecular flexibility index (Phi) is 4.62. The fourth-order valence-corrected chi connectivity index (χ4v) is 2.32. The smallest absolute Gasteiger partial charge is 0.127 e. The number of aryl methyl sites for hydroxylation is 1. The first-order valence-corrected chi connectivity index (χ1v) is 7.77. The first-order chi connectivity index (χ1) is 11.2. The van der Waals surface area contributed by atoms with Crippen LogP contribution in [0.4, 0.5) is 0 Å². The lowest BCUT2D eigenvalue weighted by molar-refractivity contribution is 0.227. The standard InChI is InChI=1S/C21H20O2/c1-16-8-12-20(13-9-16)23-21-14-10-18(11-15-21)17(2)22-19-6-4-3-5-7-19/h3-15,17H,1-2H3. The molecule has 0 saturated carbocycles. The van der Waals surface area contributed by atoms with E-state index >= 15 is 0 Å². The van der Waals surface area contributed by atoms with E-state index in [0.29, 0.717) is 0 Å². The highest BCUT2D eigenvalue weighted by atomic mass is 16.5. The first-order valence-electron chi connectivity index (χ1n) is 7.77. The van der Waals surface area contributed by atoms with E-state index in [1.807, 2.05) is 85.8 Å². The molecule has 0 aliphatic rings. The minimum absolute atomic E-state index is 0.00850. The maximum absolute atomic E-state index is 5.93. The number of rotatable bonds is 5. The second-order valence-corrected chi connectivity index (χ2v) is 5.56. The summed E-state index contributed by atoms with van der Waals surface area (Å²) < 4.78 is 11.8. The van der Waals surface area contributed by atoms with Gasteiger partial charge in [-0.1, -0.05) is 48.0 Å². The number of hydrogen-bond donors (Lipinski definition) is 0. The molecule has 0 N–H and O–H groups in total. The second kappa shape index (κ2) is 7.01. The Labute approximate surface area is 137 Å². The summed E-state index contributed by atoms with van der Waals surface area (Å²) in [5.41, 5.74) is 2.34. The van der Waals surface area contributed by atoms with Crippen molar-refractivity contribution in [3.8, 4) is 17.2 Å². The van der Waals surface area contributed by atoms with E-state index in [1.54, 1.807) is 0 Å². The van der Waals surface area contributed by atoms with Crippen LogP contribution in [-0.4, -0.2) is 0 Å². The molecule has 0 radical (unpaired) electrons. The summed E-state index contributed by atoms with van der Waals surface area (Å²) in [5, 5.41) is 0. The third kappa shape index (κ3) is 4.13. The van der Waals surface area contributed by atoms with Crippen LogP contribution >= 0.6 is 0 Å². The van der Waals surface area contributed by atoms with Gasteiger partial charge >= 0.3 is 0 Å². The molecule has 0 spiro atoms. The Bertz CT molecular complexity index is 731. The molecule has 0 heterocycles. The largest absolute Gasteiger partial charge is 0.486 e. The predicted octanol–water partition coefficient (Wildman–Crippen LogP) is 5.93. The molecule has 0 saturated heterocycles. The molecule has 0 aromatic heterocycles. The van der Waals surface area contributed by atoms with E-state index in [2.05, 4.69) is 6.92 Å². The van der Waals surface area contributed by atoms with Crippen LogP contribution in [0.15, 0.2) is 78.9 Å². The van der Waals surface area contributed by atoms with Gasteiger partial charge in [-0.05, 0) is 55.8 Å². The third-order valence-corrected chi connectivity index (χ3v) is 3.66. The Morgan fingerprint density at radius 2 is 1.22 bits per heavy atom. The Morgan fingerprint density at radius 3 is 1.83 bits per heavy atom. The summed E-state index contributed by atoms with van der Waals surface area (Å²) in [7, 11) is 0. The van der Waals surface area contributed by atoms with Crippen molar-refractivity contribution in [2.24, 2.45) is 0 Å². The zero-order chi connectivity index (χ0) is 16.1. The van der Waals surface area contributed by atoms with Crippen LogP contribution in [0.3, 0.4) is 0 Å². The fraction of sp³-hybridized carbons (Fsp3) is 0.143. The minimum atomic E-state index is -0.00850. The monoisotopic (exact) mass is 304 g/mol. The Balaban J connectivity index is 1.65. The van der Waals surface area contributed by atoms with Crippen molar-refractivity contribution in [2.75, 3.05) is 0 Å². The maximum Gasteiger partial charge on any atom is 0.127 e. The average Bonchev–Trinajstić information content (AvgIpc) is 2.58. The van der Waals surface area contributed by atoms with Crippen LogP contribution in [-0.2, 0) is 0 Å². The lowest BCUT2D eigenvalue weighted by atomic mass is 10.1. The molecule has 1 unspecified atom stereocenters. The lowest BCUT2D eigenvalue weighted by Gasteiger charge is -2.15. The van der Waals surface area contributed by atoms with Crippen molar-refractivity contribution in [2.45, 2.75) is 20.0 Å². The predicted molar refractivity (Wildman–Crippen MR) is 93.2 cm³/mol. The van der Waals surface area contributed by atoms with Crippen molar-refractivity contribution in [3.05, 3.63) is 90.0 Å². The molecule has 0 fully saturated rings. The van der Waals surface area contributed by atoms with E-state index < -0.39 is 0 Å². The van der Waals surface area contributed by atoms with Gasteiger partial charge < -0.3 is 9.47 Å². The highest BCUT2D eigenvalue weighted by molar-refractivity contribution is 5.35. The molecule has 116 valence electrons. The molecule has 3 aromatic rings. The molecule has 0 aliphatic heterocycles. The van der Waals surface area contributed by atoms with Crippen LogP contribution in [0.25, 0.3) is 0 Å². The molecule has 0 aliphatic carbocycles. The average molecular weight is 304 g/mol. The molecular weight excluding hydrogens is 284 g/mol. The highest BCUT2D eigenvalue weighted by Gasteiger charge is 2.07. The number of benzene rings is 3. The second-order valence-electron chi connectivity index (χ2n) is 5.56. The van der Waals surface area contributed by atoms with Crippen LogP contribution in [0.1, 0.15) is 24.2 Å². The summed E-state index contributed by atoms with van der Waals surface area (Å²) in [6, 6.07) is 25.9. The molecule has 3 aromatic carbocycles. The van der Waals surface area contributed by atoms with Gasteiger partial charge in [0.2, 0.25) is 0 Å². The zero-order valence-corrected chi connectivity index (χ0v) is 13.4. The topological polar surface area (TPSA) is 18.5 Å². The quantitative estimate of drug-likeness (QED) is 0.582. The Morgan fingerprint density at radius 1 is 0.652 bits per heavy atom. The summed E-state index contributed by atoms with van der Waals surface area (Å²) >= 11 is 0. The van der Waals surface area contributed by atoms with Crippen molar-refractivity contribution in [1.29, 1.82) is 0 Å². The molecule has 2 heteroatoms. The highest BCUT2D eigenvalue weighted by Crippen LogP contribution is 2.26. The van der Waals surface area contributed by atoms with Gasteiger partial charge in [0.05, 0.1) is 0 Å². The summed E-state index contributed by atoms with van der Waals surface area (Å²) in [4.78, 5) is 0. The lowest BCUT2D eigenvalue weighted by Crippen LogP contribution is -2.02. The van der Waals surface area contributed by atoms with Crippen LogP contribution in [0.2, 0.25) is 0 Å². The fourth-order valence-electron chi connectivity index (χ4n) is 2.32. The first kappa shape index (κ1) is 15.2. The van der Waals surface area contributed by atoms with Gasteiger partial charge in [0.1, 0.15) is 23.4 Å². The van der Waals surface area contributed by atoms with E-state index in [0.717, 1.165) is 22.8 Å². The summed E-state index contributed by atoms with van der Waals surface area (Å²) in [5.74, 6) is 2.54. The van der Waals surface area contributed by atoms with Crippen LogP contribution < -0.4 is 9.47 Å². The molecule has 0 amide bonds. The molecule has 2 nitrogen and oxygen atoms in total. The normalized spacial score (nSPS) is 11.7. The maximum atomic E-state index is 5.93.